The van der Waals surface area contributed by atoms with Gasteiger partial charge in [-0.1, -0.05) is 25.0 Å². The topological polar surface area (TPSA) is 38.7 Å². The summed E-state index contributed by atoms with van der Waals surface area (Å²) in [5.74, 6) is 4.33. The Morgan fingerprint density at radius 1 is 1.08 bits per heavy atom. The minimum absolute atomic E-state index is 0.211. The predicted molar refractivity (Wildman–Crippen MR) is 103 cm³/mol. The van der Waals surface area contributed by atoms with E-state index < -0.39 is 0 Å². The number of fused-ring (bicyclic) bond motifs is 3. The average Bonchev–Trinajstić information content (AvgIpc) is 2.72. The van der Waals surface area contributed by atoms with Crippen molar-refractivity contribution in [2.75, 3.05) is 20.8 Å². The van der Waals surface area contributed by atoms with E-state index in [1.54, 1.807) is 14.2 Å². The molecule has 0 saturated heterocycles. The van der Waals surface area contributed by atoms with Crippen LogP contribution in [0.2, 0.25) is 0 Å². The molecule has 140 valence electrons. The standard InChI is InChI=1S/C23H30O3/c1-25-16-9-7-15(8-10-16)23-20-6-4-3-5-18(20)21-13-17(26-2)11-12-19(21)22(23)14-24/h7,9-13,15,18,20,22-24H,3-6,8,14H2,1-2H3/t15?,18-,20+,22+,23+/m1/s1. The second-order valence-electron chi connectivity index (χ2n) is 7.99. The fraction of sp³-hybridized carbons (Fsp3) is 0.565. The van der Waals surface area contributed by atoms with Gasteiger partial charge < -0.3 is 14.6 Å². The lowest BCUT2D eigenvalue weighted by Crippen LogP contribution is -2.40. The van der Waals surface area contributed by atoms with Gasteiger partial charge in [0.15, 0.2) is 0 Å². The molecule has 0 aromatic heterocycles. The van der Waals surface area contributed by atoms with E-state index in [1.807, 2.05) is 0 Å². The molecule has 1 N–H and O–H groups in total. The minimum atomic E-state index is 0.211. The van der Waals surface area contributed by atoms with E-state index in [0.717, 1.165) is 17.9 Å². The molecule has 0 aliphatic heterocycles. The second-order valence-corrected chi connectivity index (χ2v) is 7.99. The highest BCUT2D eigenvalue weighted by molar-refractivity contribution is 5.44. The van der Waals surface area contributed by atoms with Crippen LogP contribution in [0.5, 0.6) is 5.75 Å². The Morgan fingerprint density at radius 2 is 1.92 bits per heavy atom. The molecule has 0 heterocycles. The van der Waals surface area contributed by atoms with E-state index in [9.17, 15) is 5.11 Å². The van der Waals surface area contributed by atoms with E-state index in [4.69, 9.17) is 9.47 Å². The first-order chi connectivity index (χ1) is 12.8. The van der Waals surface area contributed by atoms with Gasteiger partial charge in [-0.3, -0.25) is 0 Å². The molecule has 0 amide bonds. The first-order valence-electron chi connectivity index (χ1n) is 9.97. The molecule has 1 fully saturated rings. The summed E-state index contributed by atoms with van der Waals surface area (Å²) >= 11 is 0. The lowest BCUT2D eigenvalue weighted by Gasteiger charge is -2.49. The molecule has 0 spiro atoms. The number of allylic oxidation sites excluding steroid dienone is 3. The average molecular weight is 354 g/mol. The van der Waals surface area contributed by atoms with Crippen LogP contribution in [0.1, 0.15) is 55.1 Å². The van der Waals surface area contributed by atoms with Gasteiger partial charge in [0.25, 0.3) is 0 Å². The monoisotopic (exact) mass is 354 g/mol. The van der Waals surface area contributed by atoms with Crippen molar-refractivity contribution in [2.24, 2.45) is 17.8 Å². The highest BCUT2D eigenvalue weighted by atomic mass is 16.5. The van der Waals surface area contributed by atoms with Gasteiger partial charge in [-0.05, 0) is 78.3 Å². The molecular weight excluding hydrogens is 324 g/mol. The van der Waals surface area contributed by atoms with Crippen molar-refractivity contribution in [1.29, 1.82) is 0 Å². The van der Waals surface area contributed by atoms with Gasteiger partial charge in [0.1, 0.15) is 11.5 Å². The quantitative estimate of drug-likeness (QED) is 0.845. The Kier molecular flexibility index (Phi) is 5.08. The van der Waals surface area contributed by atoms with E-state index in [-0.39, 0.29) is 12.5 Å². The van der Waals surface area contributed by atoms with Gasteiger partial charge in [-0.25, -0.2) is 0 Å². The van der Waals surface area contributed by atoms with E-state index >= 15 is 0 Å². The number of rotatable bonds is 4. The third-order valence-corrected chi connectivity index (χ3v) is 6.90. The van der Waals surface area contributed by atoms with Gasteiger partial charge in [-0.2, -0.15) is 0 Å². The SMILES string of the molecule is COC1=CCC([C@H]2[C@H]3CCCC[C@H]3c3cc(OC)ccc3[C@@H]2CO)C=C1. The summed E-state index contributed by atoms with van der Waals surface area (Å²) in [6.07, 6.45) is 12.8. The summed E-state index contributed by atoms with van der Waals surface area (Å²) in [7, 11) is 3.47. The fourth-order valence-electron chi connectivity index (χ4n) is 5.74. The summed E-state index contributed by atoms with van der Waals surface area (Å²) in [5.41, 5.74) is 2.77. The molecule has 4 rings (SSSR count). The molecule has 1 aromatic rings. The van der Waals surface area contributed by atoms with Gasteiger partial charge in [-0.15, -0.1) is 0 Å². The van der Waals surface area contributed by atoms with Crippen LogP contribution in [0.25, 0.3) is 0 Å². The highest BCUT2D eigenvalue weighted by Crippen LogP contribution is 2.56. The Bertz CT molecular complexity index is 705. The van der Waals surface area contributed by atoms with E-state index in [0.29, 0.717) is 23.7 Å². The summed E-state index contributed by atoms with van der Waals surface area (Å²) in [4.78, 5) is 0. The number of ether oxygens (including phenoxy) is 2. The summed E-state index contributed by atoms with van der Waals surface area (Å²) in [6.45, 7) is 0.221. The Labute approximate surface area is 156 Å². The zero-order valence-corrected chi connectivity index (χ0v) is 15.9. The number of hydrogen-bond acceptors (Lipinski definition) is 3. The largest absolute Gasteiger partial charge is 0.497 e. The normalized spacial score (nSPS) is 33.0. The maximum absolute atomic E-state index is 10.4. The van der Waals surface area contributed by atoms with E-state index in [2.05, 4.69) is 36.4 Å². The molecule has 3 aliphatic carbocycles. The van der Waals surface area contributed by atoms with Crippen molar-refractivity contribution in [3.05, 3.63) is 53.3 Å². The highest BCUT2D eigenvalue weighted by Gasteiger charge is 2.45. The molecular formula is C23H30O3. The number of aliphatic hydroxyl groups excluding tert-OH is 1. The molecule has 3 nitrogen and oxygen atoms in total. The zero-order chi connectivity index (χ0) is 18.1. The first kappa shape index (κ1) is 17.7. The van der Waals surface area contributed by atoms with Gasteiger partial charge in [0.05, 0.1) is 20.8 Å². The third-order valence-electron chi connectivity index (χ3n) is 6.90. The fourth-order valence-corrected chi connectivity index (χ4v) is 5.74. The lowest BCUT2D eigenvalue weighted by molar-refractivity contribution is 0.0934. The zero-order valence-electron chi connectivity index (χ0n) is 15.9. The first-order valence-corrected chi connectivity index (χ1v) is 9.97. The second kappa shape index (κ2) is 7.48. The molecule has 1 saturated carbocycles. The van der Waals surface area contributed by atoms with Crippen LogP contribution >= 0.6 is 0 Å². The minimum Gasteiger partial charge on any atom is -0.497 e. The summed E-state index contributed by atoms with van der Waals surface area (Å²) in [5, 5.41) is 10.4. The molecule has 0 bridgehead atoms. The Balaban J connectivity index is 1.74. The van der Waals surface area contributed by atoms with Crippen LogP contribution in [-0.2, 0) is 4.74 Å². The number of aliphatic hydroxyl groups is 1. The smallest absolute Gasteiger partial charge is 0.119 e. The van der Waals surface area contributed by atoms with Crippen molar-refractivity contribution in [1.82, 2.24) is 0 Å². The number of hydrogen-bond donors (Lipinski definition) is 1. The molecule has 3 heteroatoms. The van der Waals surface area contributed by atoms with Crippen LogP contribution in [0.3, 0.4) is 0 Å². The molecule has 26 heavy (non-hydrogen) atoms. The summed E-state index contributed by atoms with van der Waals surface area (Å²) < 4.78 is 10.9. The maximum atomic E-state index is 10.4. The molecule has 0 radical (unpaired) electrons. The van der Waals surface area contributed by atoms with Gasteiger partial charge >= 0.3 is 0 Å². The van der Waals surface area contributed by atoms with Crippen molar-refractivity contribution in [3.63, 3.8) is 0 Å². The lowest BCUT2D eigenvalue weighted by atomic mass is 9.56. The number of benzene rings is 1. The predicted octanol–water partition coefficient (Wildman–Crippen LogP) is 4.78. The Morgan fingerprint density at radius 3 is 2.62 bits per heavy atom. The molecule has 1 aromatic carbocycles. The van der Waals surface area contributed by atoms with E-state index in [1.165, 1.54) is 36.8 Å². The van der Waals surface area contributed by atoms with Crippen molar-refractivity contribution >= 4 is 0 Å². The van der Waals surface area contributed by atoms with Crippen LogP contribution in [-0.4, -0.2) is 25.9 Å². The molecule has 1 unspecified atom stereocenters. The molecule has 5 atom stereocenters. The van der Waals surface area contributed by atoms with Crippen LogP contribution in [0, 0.1) is 17.8 Å². The van der Waals surface area contributed by atoms with Crippen LogP contribution in [0.15, 0.2) is 42.2 Å². The van der Waals surface area contributed by atoms with Crippen molar-refractivity contribution in [2.45, 2.75) is 43.9 Å². The van der Waals surface area contributed by atoms with Crippen LogP contribution in [0.4, 0.5) is 0 Å². The van der Waals surface area contributed by atoms with Crippen LogP contribution < -0.4 is 4.74 Å². The van der Waals surface area contributed by atoms with Gasteiger partial charge in [0, 0.05) is 5.92 Å². The van der Waals surface area contributed by atoms with Crippen molar-refractivity contribution < 1.29 is 14.6 Å². The Hall–Kier alpha value is -1.74. The van der Waals surface area contributed by atoms with Crippen molar-refractivity contribution in [3.8, 4) is 5.75 Å². The molecule has 3 aliphatic rings. The number of methoxy groups -OCH3 is 2. The maximum Gasteiger partial charge on any atom is 0.119 e. The summed E-state index contributed by atoms with van der Waals surface area (Å²) in [6, 6.07) is 6.49. The third kappa shape index (κ3) is 2.96. The van der Waals surface area contributed by atoms with Gasteiger partial charge in [0.2, 0.25) is 0 Å².